The summed E-state index contributed by atoms with van der Waals surface area (Å²) in [4.78, 5) is 0. The number of hydrogen-bond acceptors (Lipinski definition) is 4. The lowest BCUT2D eigenvalue weighted by atomic mass is 10.3. The lowest BCUT2D eigenvalue weighted by Gasteiger charge is -2.24. The first-order valence-corrected chi connectivity index (χ1v) is 2.69. The van der Waals surface area contributed by atoms with E-state index in [2.05, 4.69) is 10.6 Å². The van der Waals surface area contributed by atoms with Crippen molar-refractivity contribution in [2.45, 2.75) is 18.8 Å². The van der Waals surface area contributed by atoms with Crippen LogP contribution < -0.4 is 16.4 Å². The van der Waals surface area contributed by atoms with E-state index >= 15 is 0 Å². The maximum absolute atomic E-state index is 8.85. The van der Waals surface area contributed by atoms with Gasteiger partial charge in [0.15, 0.2) is 0 Å². The molecule has 0 radical (unpaired) electrons. The van der Waals surface area contributed by atoms with Gasteiger partial charge in [-0.3, -0.25) is 10.6 Å². The van der Waals surface area contributed by atoms with Crippen LogP contribution in [0.25, 0.3) is 0 Å². The lowest BCUT2D eigenvalue weighted by Crippen LogP contribution is -2.54. The van der Waals surface area contributed by atoms with E-state index < -0.39 is 6.23 Å². The molecule has 1 heterocycles. The summed E-state index contributed by atoms with van der Waals surface area (Å²) in [5, 5.41) is 14.5. The standard InChI is InChI=1S/C4H11N3O/c5-3-1-4(8)7-2-6-3/h3-4,6-8H,1-2,5H2. The van der Waals surface area contributed by atoms with Gasteiger partial charge in [-0.1, -0.05) is 0 Å². The van der Waals surface area contributed by atoms with E-state index in [-0.39, 0.29) is 6.17 Å². The molecule has 1 aliphatic heterocycles. The summed E-state index contributed by atoms with van der Waals surface area (Å²) in [5.41, 5.74) is 5.41. The van der Waals surface area contributed by atoms with Crippen LogP contribution in [0.1, 0.15) is 6.42 Å². The minimum atomic E-state index is -0.425. The summed E-state index contributed by atoms with van der Waals surface area (Å²) in [6, 6.07) is 0. The number of aliphatic hydroxyl groups excluding tert-OH is 1. The highest BCUT2D eigenvalue weighted by Gasteiger charge is 2.13. The molecule has 8 heavy (non-hydrogen) atoms. The van der Waals surface area contributed by atoms with Crippen LogP contribution in [-0.4, -0.2) is 24.2 Å². The van der Waals surface area contributed by atoms with Gasteiger partial charge in [0.05, 0.1) is 6.17 Å². The molecule has 1 saturated heterocycles. The molecule has 0 saturated carbocycles. The molecule has 1 fully saturated rings. The van der Waals surface area contributed by atoms with Crippen LogP contribution in [0.4, 0.5) is 0 Å². The fourth-order valence-corrected chi connectivity index (χ4v) is 0.715. The van der Waals surface area contributed by atoms with Gasteiger partial charge in [-0.05, 0) is 0 Å². The van der Waals surface area contributed by atoms with Gasteiger partial charge in [0.25, 0.3) is 0 Å². The zero-order valence-electron chi connectivity index (χ0n) is 4.59. The number of rotatable bonds is 0. The summed E-state index contributed by atoms with van der Waals surface area (Å²) in [6.45, 7) is 0.600. The quantitative estimate of drug-likeness (QED) is 0.300. The molecule has 0 aromatic rings. The Hall–Kier alpha value is -0.160. The summed E-state index contributed by atoms with van der Waals surface area (Å²) in [5.74, 6) is 0. The Morgan fingerprint density at radius 3 is 2.62 bits per heavy atom. The molecule has 48 valence electrons. The third kappa shape index (κ3) is 1.41. The van der Waals surface area contributed by atoms with Gasteiger partial charge in [0.1, 0.15) is 6.23 Å². The largest absolute Gasteiger partial charge is 0.378 e. The van der Waals surface area contributed by atoms with Crippen LogP contribution in [0, 0.1) is 0 Å². The van der Waals surface area contributed by atoms with Gasteiger partial charge in [0.2, 0.25) is 0 Å². The molecular formula is C4H11N3O. The minimum absolute atomic E-state index is 0.0498. The van der Waals surface area contributed by atoms with Crippen molar-refractivity contribution in [2.24, 2.45) is 5.73 Å². The van der Waals surface area contributed by atoms with Crippen molar-refractivity contribution in [1.82, 2.24) is 10.6 Å². The van der Waals surface area contributed by atoms with E-state index in [4.69, 9.17) is 10.8 Å². The maximum Gasteiger partial charge on any atom is 0.108 e. The first kappa shape index (κ1) is 5.97. The molecule has 0 aromatic carbocycles. The minimum Gasteiger partial charge on any atom is -0.378 e. The van der Waals surface area contributed by atoms with Crippen LogP contribution in [0.3, 0.4) is 0 Å². The van der Waals surface area contributed by atoms with Crippen molar-refractivity contribution >= 4 is 0 Å². The van der Waals surface area contributed by atoms with Crippen LogP contribution in [-0.2, 0) is 0 Å². The van der Waals surface area contributed by atoms with E-state index in [1.165, 1.54) is 0 Å². The highest BCUT2D eigenvalue weighted by atomic mass is 16.3. The summed E-state index contributed by atoms with van der Waals surface area (Å²) in [7, 11) is 0. The second kappa shape index (κ2) is 2.41. The fraction of sp³-hybridized carbons (Fsp3) is 1.00. The normalized spacial score (nSPS) is 39.8. The molecule has 2 atom stereocenters. The van der Waals surface area contributed by atoms with Crippen molar-refractivity contribution in [3.63, 3.8) is 0 Å². The molecule has 4 nitrogen and oxygen atoms in total. The van der Waals surface area contributed by atoms with Gasteiger partial charge >= 0.3 is 0 Å². The first-order chi connectivity index (χ1) is 3.79. The van der Waals surface area contributed by atoms with Crippen molar-refractivity contribution in [2.75, 3.05) is 6.67 Å². The number of hydrogen-bond donors (Lipinski definition) is 4. The smallest absolute Gasteiger partial charge is 0.108 e. The number of nitrogens with one attached hydrogen (secondary N) is 2. The molecule has 0 aromatic heterocycles. The molecule has 1 aliphatic rings. The van der Waals surface area contributed by atoms with Gasteiger partial charge < -0.3 is 10.8 Å². The SMILES string of the molecule is NC1CC(O)NCN1. The van der Waals surface area contributed by atoms with E-state index in [1.54, 1.807) is 0 Å². The average molecular weight is 117 g/mol. The number of aliphatic hydroxyl groups is 1. The molecule has 2 unspecified atom stereocenters. The van der Waals surface area contributed by atoms with E-state index in [0.29, 0.717) is 13.1 Å². The average Bonchev–Trinajstić information content (AvgIpc) is 1.64. The third-order valence-corrected chi connectivity index (χ3v) is 1.18. The molecule has 0 spiro atoms. The fourth-order valence-electron chi connectivity index (χ4n) is 0.715. The Morgan fingerprint density at radius 2 is 2.25 bits per heavy atom. The van der Waals surface area contributed by atoms with E-state index in [1.807, 2.05) is 0 Å². The Labute approximate surface area is 48.1 Å². The van der Waals surface area contributed by atoms with Crippen molar-refractivity contribution in [3.05, 3.63) is 0 Å². The number of nitrogens with two attached hydrogens (primary N) is 1. The highest BCUT2D eigenvalue weighted by Crippen LogP contribution is 1.92. The van der Waals surface area contributed by atoms with Gasteiger partial charge in [0, 0.05) is 13.1 Å². The molecule has 4 heteroatoms. The predicted octanol–water partition coefficient (Wildman–Crippen LogP) is -1.87. The van der Waals surface area contributed by atoms with Crippen molar-refractivity contribution in [3.8, 4) is 0 Å². The Morgan fingerprint density at radius 1 is 1.50 bits per heavy atom. The van der Waals surface area contributed by atoms with Crippen LogP contribution in [0.5, 0.6) is 0 Å². The van der Waals surface area contributed by atoms with Gasteiger partial charge in [-0.2, -0.15) is 0 Å². The Bertz CT molecular complexity index is 69.7. The predicted molar refractivity (Wildman–Crippen MR) is 29.7 cm³/mol. The molecular weight excluding hydrogens is 106 g/mol. The molecule has 0 aliphatic carbocycles. The van der Waals surface area contributed by atoms with E-state index in [0.717, 1.165) is 0 Å². The third-order valence-electron chi connectivity index (χ3n) is 1.18. The summed E-state index contributed by atoms with van der Waals surface area (Å²) < 4.78 is 0. The van der Waals surface area contributed by atoms with Crippen molar-refractivity contribution in [1.29, 1.82) is 0 Å². The first-order valence-electron chi connectivity index (χ1n) is 2.69. The van der Waals surface area contributed by atoms with Gasteiger partial charge in [-0.25, -0.2) is 0 Å². The monoisotopic (exact) mass is 117 g/mol. The lowest BCUT2D eigenvalue weighted by molar-refractivity contribution is 0.0879. The second-order valence-electron chi connectivity index (χ2n) is 1.94. The van der Waals surface area contributed by atoms with Crippen LogP contribution in [0.2, 0.25) is 0 Å². The summed E-state index contributed by atoms with van der Waals surface area (Å²) in [6.07, 6.45) is 0.109. The zero-order valence-corrected chi connectivity index (χ0v) is 4.59. The van der Waals surface area contributed by atoms with Gasteiger partial charge in [-0.15, -0.1) is 0 Å². The Kier molecular flexibility index (Phi) is 1.80. The van der Waals surface area contributed by atoms with Crippen molar-refractivity contribution < 1.29 is 5.11 Å². The highest BCUT2D eigenvalue weighted by molar-refractivity contribution is 4.68. The van der Waals surface area contributed by atoms with Crippen LogP contribution in [0.15, 0.2) is 0 Å². The molecule has 0 bridgehead atoms. The zero-order chi connectivity index (χ0) is 5.98. The molecule has 5 N–H and O–H groups in total. The Balaban J connectivity index is 2.23. The molecule has 0 amide bonds. The topological polar surface area (TPSA) is 70.3 Å². The second-order valence-corrected chi connectivity index (χ2v) is 1.94. The van der Waals surface area contributed by atoms with E-state index in [9.17, 15) is 0 Å². The van der Waals surface area contributed by atoms with Crippen LogP contribution >= 0.6 is 0 Å². The molecule has 1 rings (SSSR count). The maximum atomic E-state index is 8.85. The summed E-state index contributed by atoms with van der Waals surface area (Å²) >= 11 is 0.